The van der Waals surface area contributed by atoms with E-state index in [1.807, 2.05) is 13.8 Å². The van der Waals surface area contributed by atoms with Gasteiger partial charge in [-0.25, -0.2) is 0 Å². The molecule has 4 atom stereocenters. The Labute approximate surface area is 65.6 Å². The van der Waals surface area contributed by atoms with Crippen molar-refractivity contribution in [2.24, 2.45) is 5.92 Å². The fraction of sp³-hybridized carbons (Fsp3) is 1.00. The first-order valence-corrected chi connectivity index (χ1v) is 4.65. The number of aliphatic hydroxyl groups excluding tert-OH is 2. The van der Waals surface area contributed by atoms with Crippen molar-refractivity contribution in [1.29, 1.82) is 0 Å². The van der Waals surface area contributed by atoms with Crippen LogP contribution in [0.4, 0.5) is 0 Å². The third-order valence-electron chi connectivity index (χ3n) is 2.16. The van der Waals surface area contributed by atoms with Crippen molar-refractivity contribution in [3.05, 3.63) is 0 Å². The van der Waals surface area contributed by atoms with Gasteiger partial charge in [0.05, 0.1) is 12.2 Å². The molecule has 0 bridgehead atoms. The highest BCUT2D eigenvalue weighted by atomic mass is 32.2. The van der Waals surface area contributed by atoms with Crippen molar-refractivity contribution in [1.82, 2.24) is 0 Å². The molecular weight excluding hydrogens is 148 g/mol. The smallest absolute Gasteiger partial charge is 0.0706 e. The van der Waals surface area contributed by atoms with Crippen LogP contribution < -0.4 is 0 Å². The summed E-state index contributed by atoms with van der Waals surface area (Å²) in [5.74, 6) is 0.801. The molecule has 0 amide bonds. The number of rotatable bonds is 0. The molecule has 2 N–H and O–H groups in total. The summed E-state index contributed by atoms with van der Waals surface area (Å²) in [6, 6.07) is 0. The van der Waals surface area contributed by atoms with Crippen LogP contribution >= 0.6 is 11.8 Å². The molecular formula is C7H14O2S. The average Bonchev–Trinajstić information content (AvgIpc) is 1.93. The molecule has 10 heavy (non-hydrogen) atoms. The van der Waals surface area contributed by atoms with E-state index in [2.05, 4.69) is 0 Å². The molecule has 0 spiro atoms. The Morgan fingerprint density at radius 1 is 1.30 bits per heavy atom. The minimum Gasteiger partial charge on any atom is -0.392 e. The lowest BCUT2D eigenvalue weighted by Gasteiger charge is -2.33. The summed E-state index contributed by atoms with van der Waals surface area (Å²) in [6.07, 6.45) is -0.662. The maximum absolute atomic E-state index is 9.44. The third kappa shape index (κ3) is 1.47. The molecule has 3 heteroatoms. The van der Waals surface area contributed by atoms with Crippen LogP contribution in [-0.4, -0.2) is 33.4 Å². The van der Waals surface area contributed by atoms with Gasteiger partial charge in [-0.1, -0.05) is 13.8 Å². The van der Waals surface area contributed by atoms with Crippen molar-refractivity contribution < 1.29 is 10.2 Å². The maximum Gasteiger partial charge on any atom is 0.0706 e. The van der Waals surface area contributed by atoms with Gasteiger partial charge in [0.25, 0.3) is 0 Å². The van der Waals surface area contributed by atoms with Gasteiger partial charge in [-0.3, -0.25) is 0 Å². The zero-order valence-electron chi connectivity index (χ0n) is 6.32. The highest BCUT2D eigenvalue weighted by Gasteiger charge is 2.32. The molecule has 1 aliphatic rings. The summed E-state index contributed by atoms with van der Waals surface area (Å²) in [6.45, 7) is 3.89. The van der Waals surface area contributed by atoms with Crippen molar-refractivity contribution in [3.63, 3.8) is 0 Å². The molecule has 0 aromatic rings. The zero-order chi connectivity index (χ0) is 7.72. The molecule has 0 aromatic heterocycles. The quantitative estimate of drug-likeness (QED) is 0.544. The van der Waals surface area contributed by atoms with Crippen molar-refractivity contribution >= 4 is 11.8 Å². The molecule has 0 aliphatic carbocycles. The highest BCUT2D eigenvalue weighted by Crippen LogP contribution is 2.29. The molecule has 1 aliphatic heterocycles. The first-order valence-electron chi connectivity index (χ1n) is 3.60. The van der Waals surface area contributed by atoms with Gasteiger partial charge in [-0.15, -0.1) is 0 Å². The Kier molecular flexibility index (Phi) is 2.61. The van der Waals surface area contributed by atoms with Crippen LogP contribution in [0.25, 0.3) is 0 Å². The molecule has 0 unspecified atom stereocenters. The summed E-state index contributed by atoms with van der Waals surface area (Å²) in [7, 11) is 0. The molecule has 1 saturated heterocycles. The topological polar surface area (TPSA) is 40.5 Å². The Morgan fingerprint density at radius 2 is 1.90 bits per heavy atom. The Balaban J connectivity index is 2.52. The van der Waals surface area contributed by atoms with Gasteiger partial charge in [0.2, 0.25) is 0 Å². The Hall–Kier alpha value is 0.270. The van der Waals surface area contributed by atoms with Gasteiger partial charge in [0.15, 0.2) is 0 Å². The van der Waals surface area contributed by atoms with E-state index in [9.17, 15) is 10.2 Å². The summed E-state index contributed by atoms with van der Waals surface area (Å²) in [5.41, 5.74) is 0. The molecule has 0 aromatic carbocycles. The molecule has 0 saturated carbocycles. The van der Waals surface area contributed by atoms with Crippen LogP contribution in [-0.2, 0) is 0 Å². The lowest BCUT2D eigenvalue weighted by molar-refractivity contribution is 0.0283. The minimum atomic E-state index is -0.339. The van der Waals surface area contributed by atoms with Crippen LogP contribution in [0.5, 0.6) is 0 Å². The van der Waals surface area contributed by atoms with E-state index in [1.54, 1.807) is 11.8 Å². The van der Waals surface area contributed by atoms with Crippen LogP contribution in [0.15, 0.2) is 0 Å². The van der Waals surface area contributed by atoms with Crippen molar-refractivity contribution in [2.75, 3.05) is 5.75 Å². The van der Waals surface area contributed by atoms with Crippen LogP contribution in [0, 0.1) is 5.92 Å². The first kappa shape index (κ1) is 8.37. The Morgan fingerprint density at radius 3 is 2.40 bits per heavy atom. The molecule has 0 radical (unpaired) electrons. The second-order valence-electron chi connectivity index (χ2n) is 2.96. The molecule has 1 heterocycles. The lowest BCUT2D eigenvalue weighted by atomic mass is 9.96. The van der Waals surface area contributed by atoms with Gasteiger partial charge in [0, 0.05) is 16.9 Å². The fourth-order valence-electron chi connectivity index (χ4n) is 1.16. The summed E-state index contributed by atoms with van der Waals surface area (Å²) >= 11 is 1.64. The van der Waals surface area contributed by atoms with E-state index in [-0.39, 0.29) is 23.4 Å². The normalized spacial score (nSPS) is 49.2. The molecule has 1 fully saturated rings. The fourth-order valence-corrected chi connectivity index (χ4v) is 2.41. The number of thioether (sulfide) groups is 1. The van der Waals surface area contributed by atoms with E-state index in [0.29, 0.717) is 0 Å². The zero-order valence-corrected chi connectivity index (χ0v) is 7.14. The third-order valence-corrected chi connectivity index (χ3v) is 3.50. The monoisotopic (exact) mass is 162 g/mol. The first-order chi connectivity index (χ1) is 4.63. The molecule has 60 valence electrons. The minimum absolute atomic E-state index is 0.0382. The van der Waals surface area contributed by atoms with Gasteiger partial charge in [0.1, 0.15) is 0 Å². The SMILES string of the molecule is C[C@@H]1[C@@H](O)[C@H](C)SC[C@H]1O. The van der Waals surface area contributed by atoms with Crippen molar-refractivity contribution in [3.8, 4) is 0 Å². The van der Waals surface area contributed by atoms with Crippen LogP contribution in [0.2, 0.25) is 0 Å². The van der Waals surface area contributed by atoms with E-state index < -0.39 is 0 Å². The van der Waals surface area contributed by atoms with E-state index in [4.69, 9.17) is 0 Å². The largest absolute Gasteiger partial charge is 0.392 e. The van der Waals surface area contributed by atoms with Gasteiger partial charge < -0.3 is 10.2 Å². The summed E-state index contributed by atoms with van der Waals surface area (Å²) in [5, 5.41) is 19.0. The van der Waals surface area contributed by atoms with E-state index in [0.717, 1.165) is 5.75 Å². The molecule has 1 rings (SSSR count). The van der Waals surface area contributed by atoms with Crippen LogP contribution in [0.1, 0.15) is 13.8 Å². The number of aliphatic hydroxyl groups is 2. The number of hydrogen-bond acceptors (Lipinski definition) is 3. The Bertz CT molecular complexity index is 104. The summed E-state index contributed by atoms with van der Waals surface area (Å²) in [4.78, 5) is 0. The second-order valence-corrected chi connectivity index (χ2v) is 4.37. The summed E-state index contributed by atoms with van der Waals surface area (Å²) < 4.78 is 0. The number of hydrogen-bond donors (Lipinski definition) is 2. The van der Waals surface area contributed by atoms with Gasteiger partial charge in [-0.05, 0) is 0 Å². The average molecular weight is 162 g/mol. The van der Waals surface area contributed by atoms with Gasteiger partial charge in [-0.2, -0.15) is 11.8 Å². The van der Waals surface area contributed by atoms with Crippen LogP contribution in [0.3, 0.4) is 0 Å². The van der Waals surface area contributed by atoms with E-state index in [1.165, 1.54) is 0 Å². The molecule has 2 nitrogen and oxygen atoms in total. The standard InChI is InChI=1S/C7H14O2S/c1-4-6(8)3-10-5(2)7(4)9/h4-9H,3H2,1-2H3/t4-,5-,6+,7+/m0/s1. The predicted molar refractivity (Wildman–Crippen MR) is 43.1 cm³/mol. The van der Waals surface area contributed by atoms with Crippen molar-refractivity contribution in [2.45, 2.75) is 31.3 Å². The van der Waals surface area contributed by atoms with E-state index >= 15 is 0 Å². The predicted octanol–water partition coefficient (Wildman–Crippen LogP) is 0.480. The second kappa shape index (κ2) is 3.11. The maximum atomic E-state index is 9.44. The highest BCUT2D eigenvalue weighted by molar-refractivity contribution is 8.00. The lowest BCUT2D eigenvalue weighted by Crippen LogP contribution is -2.41. The van der Waals surface area contributed by atoms with Gasteiger partial charge >= 0.3 is 0 Å².